The highest BCUT2D eigenvalue weighted by Gasteiger charge is 2.36. The number of ketones is 1. The van der Waals surface area contributed by atoms with Gasteiger partial charge in [0.25, 0.3) is 11.7 Å². The molecule has 0 aromatic heterocycles. The van der Waals surface area contributed by atoms with E-state index in [1.54, 1.807) is 36.4 Å². The van der Waals surface area contributed by atoms with E-state index >= 15 is 0 Å². The molecule has 2 aromatic rings. The predicted molar refractivity (Wildman–Crippen MR) is 83.1 cm³/mol. The number of halogens is 1. The molecule has 0 radical (unpaired) electrons. The van der Waals surface area contributed by atoms with Crippen LogP contribution in [0.15, 0.2) is 46.9 Å². The van der Waals surface area contributed by atoms with E-state index in [2.05, 4.69) is 15.9 Å². The Bertz CT molecular complexity index is 816. The average molecular weight is 360 g/mol. The predicted octanol–water partition coefficient (Wildman–Crippen LogP) is 2.88. The summed E-state index contributed by atoms with van der Waals surface area (Å²) in [5, 5.41) is 9.21. The molecule has 1 N–H and O–H groups in total. The van der Waals surface area contributed by atoms with Crippen LogP contribution < -0.4 is 4.90 Å². The van der Waals surface area contributed by atoms with E-state index in [9.17, 15) is 19.5 Å². The molecule has 0 saturated carbocycles. The molecule has 1 heterocycles. The van der Waals surface area contributed by atoms with Gasteiger partial charge in [-0.25, -0.2) is 4.79 Å². The number of carbonyl (C=O) groups excluding carboxylic acids is 2. The first-order valence-electron chi connectivity index (χ1n) is 6.46. The average Bonchev–Trinajstić information content (AvgIpc) is 2.72. The number of rotatable bonds is 3. The van der Waals surface area contributed by atoms with Crippen molar-refractivity contribution in [1.29, 1.82) is 0 Å². The van der Waals surface area contributed by atoms with Gasteiger partial charge in [-0.05, 0) is 29.8 Å². The molecule has 3 rings (SSSR count). The summed E-state index contributed by atoms with van der Waals surface area (Å²) in [6, 6.07) is 11.4. The molecule has 1 aliphatic heterocycles. The van der Waals surface area contributed by atoms with Gasteiger partial charge in [-0.3, -0.25) is 9.59 Å². The van der Waals surface area contributed by atoms with Gasteiger partial charge in [0, 0.05) is 4.47 Å². The molecule has 0 spiro atoms. The molecule has 22 heavy (non-hydrogen) atoms. The van der Waals surface area contributed by atoms with Gasteiger partial charge in [-0.1, -0.05) is 34.1 Å². The first-order chi connectivity index (χ1) is 10.5. The van der Waals surface area contributed by atoms with Crippen LogP contribution in [0.3, 0.4) is 0 Å². The lowest BCUT2D eigenvalue weighted by Gasteiger charge is -2.17. The van der Waals surface area contributed by atoms with Crippen molar-refractivity contribution >= 4 is 39.3 Å². The lowest BCUT2D eigenvalue weighted by molar-refractivity contribution is -0.114. The summed E-state index contributed by atoms with van der Waals surface area (Å²) in [6.07, 6.45) is 0. The summed E-state index contributed by atoms with van der Waals surface area (Å²) in [6.45, 7) is 0.0433. The Hall–Kier alpha value is -2.47. The van der Waals surface area contributed by atoms with Gasteiger partial charge < -0.3 is 10.0 Å². The summed E-state index contributed by atoms with van der Waals surface area (Å²) in [4.78, 5) is 36.8. The number of anilines is 1. The molecule has 0 bridgehead atoms. The highest BCUT2D eigenvalue weighted by Crippen LogP contribution is 2.32. The molecule has 0 fully saturated rings. The molecule has 0 saturated heterocycles. The van der Waals surface area contributed by atoms with Crippen LogP contribution in [0.1, 0.15) is 26.3 Å². The summed E-state index contributed by atoms with van der Waals surface area (Å²) in [7, 11) is 0. The van der Waals surface area contributed by atoms with Gasteiger partial charge in [0.2, 0.25) is 0 Å². The lowest BCUT2D eigenvalue weighted by atomic mass is 10.1. The monoisotopic (exact) mass is 359 g/mol. The normalized spacial score (nSPS) is 13.4. The molecule has 0 atom stereocenters. The Morgan fingerprint density at radius 3 is 2.59 bits per heavy atom. The number of benzene rings is 2. The Morgan fingerprint density at radius 1 is 1.14 bits per heavy atom. The van der Waals surface area contributed by atoms with Crippen molar-refractivity contribution in [2.45, 2.75) is 6.54 Å². The highest BCUT2D eigenvalue weighted by molar-refractivity contribution is 9.10. The van der Waals surface area contributed by atoms with Crippen LogP contribution in [0.4, 0.5) is 5.69 Å². The minimum atomic E-state index is -1.07. The Balaban J connectivity index is 2.03. The minimum Gasteiger partial charge on any atom is -0.478 e. The van der Waals surface area contributed by atoms with Gasteiger partial charge >= 0.3 is 5.97 Å². The van der Waals surface area contributed by atoms with E-state index < -0.39 is 17.7 Å². The fraction of sp³-hybridized carbons (Fsp3) is 0.0625. The van der Waals surface area contributed by atoms with Crippen LogP contribution in [-0.2, 0) is 11.3 Å². The number of carboxylic acid groups (broad SMARTS) is 1. The second-order valence-corrected chi connectivity index (χ2v) is 5.76. The second-order valence-electron chi connectivity index (χ2n) is 4.84. The maximum absolute atomic E-state index is 12.2. The lowest BCUT2D eigenvalue weighted by Crippen LogP contribution is -2.29. The number of amides is 1. The van der Waals surface area contributed by atoms with Gasteiger partial charge in [-0.2, -0.15) is 0 Å². The molecule has 0 unspecified atom stereocenters. The van der Waals surface area contributed by atoms with E-state index in [0.29, 0.717) is 21.3 Å². The largest absolute Gasteiger partial charge is 0.478 e. The molecular formula is C16H10BrNO4. The Morgan fingerprint density at radius 2 is 1.86 bits per heavy atom. The van der Waals surface area contributed by atoms with Crippen LogP contribution in [0.2, 0.25) is 0 Å². The van der Waals surface area contributed by atoms with E-state index in [-0.39, 0.29) is 12.1 Å². The van der Waals surface area contributed by atoms with Crippen molar-refractivity contribution in [3.8, 4) is 0 Å². The van der Waals surface area contributed by atoms with Gasteiger partial charge in [0.1, 0.15) is 0 Å². The number of fused-ring (bicyclic) bond motifs is 1. The number of Topliss-reactive ketones (excluding diaryl/α,β-unsaturated/α-hetero) is 1. The Kier molecular flexibility index (Phi) is 3.54. The highest BCUT2D eigenvalue weighted by atomic mass is 79.9. The van der Waals surface area contributed by atoms with Crippen molar-refractivity contribution in [3.63, 3.8) is 0 Å². The SMILES string of the molecule is O=C(O)c1ccccc1CN1C(=O)C(=O)c2cc(Br)ccc21. The van der Waals surface area contributed by atoms with Crippen molar-refractivity contribution in [2.75, 3.05) is 4.90 Å². The number of carbonyl (C=O) groups is 3. The van der Waals surface area contributed by atoms with Crippen LogP contribution >= 0.6 is 15.9 Å². The van der Waals surface area contributed by atoms with Gasteiger partial charge in [0.05, 0.1) is 23.4 Å². The van der Waals surface area contributed by atoms with E-state index in [1.807, 2.05) is 0 Å². The van der Waals surface area contributed by atoms with Crippen LogP contribution in [-0.4, -0.2) is 22.8 Å². The first kappa shape index (κ1) is 14.5. The zero-order chi connectivity index (χ0) is 15.9. The van der Waals surface area contributed by atoms with Crippen molar-refractivity contribution in [2.24, 2.45) is 0 Å². The molecule has 5 nitrogen and oxygen atoms in total. The quantitative estimate of drug-likeness (QED) is 0.855. The summed E-state index contributed by atoms with van der Waals surface area (Å²) in [5.74, 6) is -2.29. The Labute approximate surface area is 134 Å². The summed E-state index contributed by atoms with van der Waals surface area (Å²) < 4.78 is 0.709. The van der Waals surface area contributed by atoms with Crippen molar-refractivity contribution in [3.05, 3.63) is 63.6 Å². The molecule has 6 heteroatoms. The first-order valence-corrected chi connectivity index (χ1v) is 7.25. The maximum atomic E-state index is 12.2. The van der Waals surface area contributed by atoms with Crippen molar-refractivity contribution < 1.29 is 19.5 Å². The summed E-state index contributed by atoms with van der Waals surface area (Å²) >= 11 is 3.27. The van der Waals surface area contributed by atoms with Crippen LogP contribution in [0.25, 0.3) is 0 Å². The fourth-order valence-corrected chi connectivity index (χ4v) is 2.83. The van der Waals surface area contributed by atoms with E-state index in [0.717, 1.165) is 0 Å². The smallest absolute Gasteiger partial charge is 0.336 e. The number of hydrogen-bond donors (Lipinski definition) is 1. The molecule has 0 aliphatic carbocycles. The number of hydrogen-bond acceptors (Lipinski definition) is 3. The number of carboxylic acids is 1. The van der Waals surface area contributed by atoms with Crippen molar-refractivity contribution in [1.82, 2.24) is 0 Å². The molecular weight excluding hydrogens is 350 g/mol. The third-order valence-corrected chi connectivity index (χ3v) is 4.00. The third kappa shape index (κ3) is 2.31. The van der Waals surface area contributed by atoms with Crippen LogP contribution in [0.5, 0.6) is 0 Å². The molecule has 1 aliphatic rings. The minimum absolute atomic E-state index is 0.0433. The fourth-order valence-electron chi connectivity index (χ4n) is 2.47. The maximum Gasteiger partial charge on any atom is 0.336 e. The molecule has 1 amide bonds. The standard InChI is InChI=1S/C16H10BrNO4/c17-10-5-6-13-12(7-10)14(19)15(20)18(13)8-9-3-1-2-4-11(9)16(21)22/h1-7H,8H2,(H,21,22). The van der Waals surface area contributed by atoms with E-state index in [1.165, 1.54) is 11.0 Å². The summed E-state index contributed by atoms with van der Waals surface area (Å²) in [5.41, 5.74) is 1.42. The van der Waals surface area contributed by atoms with E-state index in [4.69, 9.17) is 0 Å². The molecule has 2 aromatic carbocycles. The second kappa shape index (κ2) is 5.38. The van der Waals surface area contributed by atoms with Gasteiger partial charge in [-0.15, -0.1) is 0 Å². The number of aromatic carboxylic acids is 1. The van der Waals surface area contributed by atoms with Gasteiger partial charge in [0.15, 0.2) is 0 Å². The zero-order valence-corrected chi connectivity index (χ0v) is 12.8. The third-order valence-electron chi connectivity index (χ3n) is 3.51. The topological polar surface area (TPSA) is 74.7 Å². The molecule has 110 valence electrons. The zero-order valence-electron chi connectivity index (χ0n) is 11.2. The van der Waals surface area contributed by atoms with Crippen LogP contribution in [0, 0.1) is 0 Å². The number of nitrogens with zero attached hydrogens (tertiary/aromatic N) is 1.